The summed E-state index contributed by atoms with van der Waals surface area (Å²) >= 11 is 0. The number of benzene rings is 1. The number of ether oxygens (including phenoxy) is 3. The molecule has 1 aromatic rings. The lowest BCUT2D eigenvalue weighted by molar-refractivity contribution is 0.0239. The Kier molecular flexibility index (Phi) is 5.12. The quantitative estimate of drug-likeness (QED) is 0.799. The first kappa shape index (κ1) is 14.8. The van der Waals surface area contributed by atoms with Crippen LogP contribution in [0.5, 0.6) is 5.75 Å². The predicted molar refractivity (Wildman–Crippen MR) is 81.6 cm³/mol. The Bertz CT molecular complexity index is 441. The lowest BCUT2D eigenvalue weighted by Crippen LogP contribution is -2.27. The van der Waals surface area contributed by atoms with Gasteiger partial charge in [0.25, 0.3) is 0 Å². The fourth-order valence-corrected chi connectivity index (χ4v) is 2.72. The monoisotopic (exact) mass is 291 g/mol. The molecular formula is C17H25NO3. The molecule has 1 aliphatic heterocycles. The van der Waals surface area contributed by atoms with E-state index in [1.165, 1.54) is 12.8 Å². The highest BCUT2D eigenvalue weighted by molar-refractivity contribution is 5.35. The smallest absolute Gasteiger partial charge is 0.124 e. The second kappa shape index (κ2) is 7.25. The van der Waals surface area contributed by atoms with Crippen molar-refractivity contribution >= 4 is 0 Å². The second-order valence-electron chi connectivity index (χ2n) is 5.98. The van der Waals surface area contributed by atoms with E-state index in [-0.39, 0.29) is 6.10 Å². The molecule has 3 rings (SSSR count). The van der Waals surface area contributed by atoms with Crippen LogP contribution in [0.25, 0.3) is 0 Å². The van der Waals surface area contributed by atoms with Gasteiger partial charge in [-0.15, -0.1) is 0 Å². The highest BCUT2D eigenvalue weighted by atomic mass is 16.5. The van der Waals surface area contributed by atoms with Gasteiger partial charge in [-0.05, 0) is 25.3 Å². The molecule has 1 N–H and O–H groups in total. The highest BCUT2D eigenvalue weighted by Gasteiger charge is 2.25. The van der Waals surface area contributed by atoms with Crippen molar-refractivity contribution < 1.29 is 14.2 Å². The van der Waals surface area contributed by atoms with Crippen molar-refractivity contribution in [3.63, 3.8) is 0 Å². The van der Waals surface area contributed by atoms with Crippen LogP contribution in [0, 0.1) is 5.92 Å². The molecule has 4 nitrogen and oxygen atoms in total. The minimum absolute atomic E-state index is 0.0438. The predicted octanol–water partition coefficient (Wildman–Crippen LogP) is 2.54. The van der Waals surface area contributed by atoms with Gasteiger partial charge in [0.15, 0.2) is 0 Å². The summed E-state index contributed by atoms with van der Waals surface area (Å²) in [6.07, 6.45) is 3.72. The zero-order valence-electron chi connectivity index (χ0n) is 12.7. The van der Waals surface area contributed by atoms with Crippen molar-refractivity contribution in [1.82, 2.24) is 5.32 Å². The van der Waals surface area contributed by atoms with E-state index in [4.69, 9.17) is 14.2 Å². The van der Waals surface area contributed by atoms with Gasteiger partial charge < -0.3 is 19.5 Å². The highest BCUT2D eigenvalue weighted by Crippen LogP contribution is 2.29. The summed E-state index contributed by atoms with van der Waals surface area (Å²) in [6, 6.07) is 8.83. The molecule has 1 heterocycles. The Morgan fingerprint density at radius 1 is 1.29 bits per heavy atom. The van der Waals surface area contributed by atoms with Crippen LogP contribution in [0.2, 0.25) is 0 Å². The van der Waals surface area contributed by atoms with Crippen molar-refractivity contribution in [2.45, 2.75) is 31.4 Å². The Hall–Kier alpha value is -1.10. The molecule has 2 fully saturated rings. The van der Waals surface area contributed by atoms with Gasteiger partial charge in [-0.1, -0.05) is 18.2 Å². The largest absolute Gasteiger partial charge is 0.496 e. The molecule has 2 unspecified atom stereocenters. The van der Waals surface area contributed by atoms with Gasteiger partial charge in [-0.3, -0.25) is 0 Å². The summed E-state index contributed by atoms with van der Waals surface area (Å²) in [7, 11) is 1.72. The van der Waals surface area contributed by atoms with E-state index in [1.807, 2.05) is 18.2 Å². The van der Waals surface area contributed by atoms with Gasteiger partial charge in [-0.2, -0.15) is 0 Å². The lowest BCUT2D eigenvalue weighted by atomic mass is 10.1. The fourth-order valence-electron chi connectivity index (χ4n) is 2.72. The molecule has 116 valence electrons. The molecule has 1 saturated heterocycles. The van der Waals surface area contributed by atoms with E-state index in [0.29, 0.717) is 12.0 Å². The number of para-hydroxylation sites is 1. The van der Waals surface area contributed by atoms with Gasteiger partial charge in [-0.25, -0.2) is 0 Å². The maximum absolute atomic E-state index is 6.21. The summed E-state index contributed by atoms with van der Waals surface area (Å²) in [5.74, 6) is 1.44. The summed E-state index contributed by atoms with van der Waals surface area (Å²) in [5.41, 5.74) is 1.13. The lowest BCUT2D eigenvalue weighted by Gasteiger charge is -2.22. The molecule has 1 aromatic carbocycles. The molecule has 0 radical (unpaired) electrons. The second-order valence-corrected chi connectivity index (χ2v) is 5.98. The Morgan fingerprint density at radius 3 is 2.86 bits per heavy atom. The van der Waals surface area contributed by atoms with E-state index in [2.05, 4.69) is 11.4 Å². The third kappa shape index (κ3) is 4.19. The zero-order valence-corrected chi connectivity index (χ0v) is 12.7. The van der Waals surface area contributed by atoms with Gasteiger partial charge in [0, 0.05) is 30.7 Å². The number of methoxy groups -OCH3 is 1. The first-order valence-electron chi connectivity index (χ1n) is 7.92. The van der Waals surface area contributed by atoms with E-state index in [0.717, 1.165) is 44.1 Å². The summed E-state index contributed by atoms with van der Waals surface area (Å²) in [4.78, 5) is 0. The van der Waals surface area contributed by atoms with Crippen LogP contribution in [0.1, 0.15) is 30.9 Å². The van der Waals surface area contributed by atoms with E-state index < -0.39 is 0 Å². The molecule has 0 spiro atoms. The minimum Gasteiger partial charge on any atom is -0.496 e. The SMILES string of the molecule is COc1ccccc1C(CNC1CC1)OCC1CCOC1. The average Bonchev–Trinajstić information content (AvgIpc) is 3.21. The summed E-state index contributed by atoms with van der Waals surface area (Å²) < 4.78 is 17.1. The van der Waals surface area contributed by atoms with Crippen LogP contribution >= 0.6 is 0 Å². The fraction of sp³-hybridized carbons (Fsp3) is 0.647. The topological polar surface area (TPSA) is 39.7 Å². The number of nitrogens with one attached hydrogen (secondary N) is 1. The third-order valence-electron chi connectivity index (χ3n) is 4.21. The van der Waals surface area contributed by atoms with E-state index in [1.54, 1.807) is 7.11 Å². The van der Waals surface area contributed by atoms with Crippen molar-refractivity contribution in [3.05, 3.63) is 29.8 Å². The van der Waals surface area contributed by atoms with Crippen molar-refractivity contribution in [1.29, 1.82) is 0 Å². The standard InChI is InChI=1S/C17H25NO3/c1-19-16-5-3-2-4-15(16)17(10-18-14-6-7-14)21-12-13-8-9-20-11-13/h2-5,13-14,17-18H,6-12H2,1H3. The molecular weight excluding hydrogens is 266 g/mol. The summed E-state index contributed by atoms with van der Waals surface area (Å²) in [5, 5.41) is 3.57. The Balaban J connectivity index is 1.64. The Labute approximate surface area is 126 Å². The van der Waals surface area contributed by atoms with Gasteiger partial charge in [0.1, 0.15) is 5.75 Å². The zero-order chi connectivity index (χ0) is 14.5. The van der Waals surface area contributed by atoms with Crippen molar-refractivity contribution in [3.8, 4) is 5.75 Å². The molecule has 0 aromatic heterocycles. The number of rotatable bonds is 8. The molecule has 1 saturated carbocycles. The summed E-state index contributed by atoms with van der Waals surface area (Å²) in [6.45, 7) is 3.30. The maximum atomic E-state index is 6.21. The number of hydrogen-bond acceptors (Lipinski definition) is 4. The maximum Gasteiger partial charge on any atom is 0.124 e. The molecule has 2 atom stereocenters. The van der Waals surface area contributed by atoms with Gasteiger partial charge in [0.05, 0.1) is 26.4 Å². The van der Waals surface area contributed by atoms with Crippen LogP contribution in [0.3, 0.4) is 0 Å². The van der Waals surface area contributed by atoms with Crippen LogP contribution in [0.4, 0.5) is 0 Å². The molecule has 21 heavy (non-hydrogen) atoms. The van der Waals surface area contributed by atoms with Crippen LogP contribution in [-0.2, 0) is 9.47 Å². The molecule has 0 bridgehead atoms. The van der Waals surface area contributed by atoms with Crippen LogP contribution < -0.4 is 10.1 Å². The minimum atomic E-state index is 0.0438. The van der Waals surface area contributed by atoms with Crippen molar-refractivity contribution in [2.75, 3.05) is 33.5 Å². The first-order valence-corrected chi connectivity index (χ1v) is 7.92. The van der Waals surface area contributed by atoms with Gasteiger partial charge >= 0.3 is 0 Å². The van der Waals surface area contributed by atoms with Crippen LogP contribution in [0.15, 0.2) is 24.3 Å². The van der Waals surface area contributed by atoms with E-state index in [9.17, 15) is 0 Å². The van der Waals surface area contributed by atoms with Crippen molar-refractivity contribution in [2.24, 2.45) is 5.92 Å². The molecule has 0 amide bonds. The van der Waals surface area contributed by atoms with Crippen LogP contribution in [-0.4, -0.2) is 39.5 Å². The van der Waals surface area contributed by atoms with E-state index >= 15 is 0 Å². The molecule has 2 aliphatic rings. The first-order chi connectivity index (χ1) is 10.4. The molecule has 1 aliphatic carbocycles. The third-order valence-corrected chi connectivity index (χ3v) is 4.21. The average molecular weight is 291 g/mol. The Morgan fingerprint density at radius 2 is 2.14 bits per heavy atom. The normalized spacial score (nSPS) is 23.2. The number of hydrogen-bond donors (Lipinski definition) is 1. The molecule has 4 heteroatoms. The van der Waals surface area contributed by atoms with Gasteiger partial charge in [0.2, 0.25) is 0 Å².